The second kappa shape index (κ2) is 5.07. The lowest BCUT2D eigenvalue weighted by Gasteiger charge is -2.12. The normalized spacial score (nSPS) is 17.0. The highest BCUT2D eigenvalue weighted by atomic mass is 16.5. The first-order valence-electron chi connectivity index (χ1n) is 6.93. The van der Waals surface area contributed by atoms with Crippen molar-refractivity contribution in [2.75, 3.05) is 13.7 Å². The summed E-state index contributed by atoms with van der Waals surface area (Å²) in [7, 11) is 1.67. The molecule has 0 saturated heterocycles. The molecule has 3 rings (SSSR count). The first kappa shape index (κ1) is 12.8. The first-order chi connectivity index (χ1) is 9.71. The maximum absolute atomic E-state index is 11.6. The molecule has 1 unspecified atom stereocenters. The second-order valence-corrected chi connectivity index (χ2v) is 5.10. The van der Waals surface area contributed by atoms with Crippen molar-refractivity contribution in [1.29, 1.82) is 0 Å². The van der Waals surface area contributed by atoms with Gasteiger partial charge in [-0.25, -0.2) is 4.79 Å². The Labute approximate surface area is 117 Å². The van der Waals surface area contributed by atoms with Gasteiger partial charge in [0.1, 0.15) is 5.75 Å². The van der Waals surface area contributed by atoms with Crippen LogP contribution >= 0.6 is 0 Å². The van der Waals surface area contributed by atoms with Crippen molar-refractivity contribution < 1.29 is 9.53 Å². The van der Waals surface area contributed by atoms with Gasteiger partial charge in [-0.05, 0) is 37.1 Å². The number of carbonyl (C=O) groups is 1. The predicted octanol–water partition coefficient (Wildman–Crippen LogP) is 1.96. The zero-order valence-electron chi connectivity index (χ0n) is 11.7. The lowest BCUT2D eigenvalue weighted by molar-refractivity contribution is 0.238. The molecule has 0 radical (unpaired) electrons. The zero-order valence-corrected chi connectivity index (χ0v) is 11.7. The number of aromatic amines is 1. The van der Waals surface area contributed by atoms with E-state index in [4.69, 9.17) is 4.74 Å². The number of rotatable bonds is 3. The topological polar surface area (TPSA) is 66.2 Å². The summed E-state index contributed by atoms with van der Waals surface area (Å²) in [6.45, 7) is 2.56. The summed E-state index contributed by atoms with van der Waals surface area (Å²) in [4.78, 5) is 15.0. The van der Waals surface area contributed by atoms with Gasteiger partial charge in [0, 0.05) is 35.6 Å². The highest BCUT2D eigenvalue weighted by Gasteiger charge is 2.26. The lowest BCUT2D eigenvalue weighted by Crippen LogP contribution is -2.42. The molecule has 1 aromatic carbocycles. The summed E-state index contributed by atoms with van der Waals surface area (Å²) >= 11 is 0. The summed E-state index contributed by atoms with van der Waals surface area (Å²) in [6, 6.07) is 6.12. The van der Waals surface area contributed by atoms with Gasteiger partial charge in [0.2, 0.25) is 0 Å². The number of hydrogen-bond donors (Lipinski definition) is 3. The van der Waals surface area contributed by atoms with Gasteiger partial charge in [0.25, 0.3) is 0 Å². The van der Waals surface area contributed by atoms with E-state index in [1.165, 1.54) is 16.6 Å². The number of ether oxygens (including phenoxy) is 1. The van der Waals surface area contributed by atoms with E-state index in [-0.39, 0.29) is 12.1 Å². The van der Waals surface area contributed by atoms with Crippen molar-refractivity contribution in [2.24, 2.45) is 0 Å². The molecular formula is C15H19N3O2. The van der Waals surface area contributed by atoms with Crippen molar-refractivity contribution in [2.45, 2.75) is 25.8 Å². The number of aromatic nitrogens is 1. The molecule has 106 valence electrons. The quantitative estimate of drug-likeness (QED) is 0.800. The zero-order chi connectivity index (χ0) is 14.1. The molecule has 1 aromatic heterocycles. The van der Waals surface area contributed by atoms with Crippen LogP contribution in [0.4, 0.5) is 4.79 Å². The van der Waals surface area contributed by atoms with E-state index in [1.54, 1.807) is 7.11 Å². The molecule has 0 saturated carbocycles. The monoisotopic (exact) mass is 273 g/mol. The molecule has 0 aliphatic heterocycles. The highest BCUT2D eigenvalue weighted by molar-refractivity contribution is 5.87. The number of nitrogens with one attached hydrogen (secondary N) is 3. The Balaban J connectivity index is 1.81. The molecule has 0 spiro atoms. The Hall–Kier alpha value is -2.17. The van der Waals surface area contributed by atoms with Crippen molar-refractivity contribution in [1.82, 2.24) is 15.6 Å². The minimum Gasteiger partial charge on any atom is -0.497 e. The average Bonchev–Trinajstić information content (AvgIpc) is 2.95. The van der Waals surface area contributed by atoms with Crippen LogP contribution in [0.5, 0.6) is 5.75 Å². The van der Waals surface area contributed by atoms with Crippen molar-refractivity contribution in [3.63, 3.8) is 0 Å². The summed E-state index contributed by atoms with van der Waals surface area (Å²) < 4.78 is 5.28. The van der Waals surface area contributed by atoms with Crippen LogP contribution in [0, 0.1) is 0 Å². The third-order valence-electron chi connectivity index (χ3n) is 3.78. The molecule has 1 aliphatic rings. The van der Waals surface area contributed by atoms with Crippen LogP contribution in [0.25, 0.3) is 10.9 Å². The minimum atomic E-state index is -0.0930. The van der Waals surface area contributed by atoms with Gasteiger partial charge in [0.05, 0.1) is 7.11 Å². The number of H-pyrrole nitrogens is 1. The summed E-state index contributed by atoms with van der Waals surface area (Å²) in [5.41, 5.74) is 3.64. The lowest BCUT2D eigenvalue weighted by atomic mass is 10.1. The van der Waals surface area contributed by atoms with E-state index in [0.717, 1.165) is 24.1 Å². The molecule has 0 bridgehead atoms. The summed E-state index contributed by atoms with van der Waals surface area (Å²) in [5.74, 6) is 0.861. The number of hydrogen-bond acceptors (Lipinski definition) is 2. The Kier molecular flexibility index (Phi) is 3.26. The van der Waals surface area contributed by atoms with Crippen LogP contribution in [0.3, 0.4) is 0 Å². The van der Waals surface area contributed by atoms with Crippen molar-refractivity contribution in [3.8, 4) is 5.75 Å². The maximum atomic E-state index is 11.6. The van der Waals surface area contributed by atoms with Crippen molar-refractivity contribution in [3.05, 3.63) is 29.5 Å². The number of urea groups is 1. The molecule has 1 aliphatic carbocycles. The summed E-state index contributed by atoms with van der Waals surface area (Å²) in [5, 5.41) is 6.97. The van der Waals surface area contributed by atoms with Gasteiger partial charge in [-0.2, -0.15) is 0 Å². The van der Waals surface area contributed by atoms with Gasteiger partial charge in [-0.3, -0.25) is 0 Å². The number of benzene rings is 1. The Morgan fingerprint density at radius 1 is 1.45 bits per heavy atom. The molecule has 3 N–H and O–H groups in total. The number of carbonyl (C=O) groups excluding carboxylic acids is 1. The summed E-state index contributed by atoms with van der Waals surface area (Å²) in [6.07, 6.45) is 1.71. The fourth-order valence-corrected chi connectivity index (χ4v) is 2.88. The Bertz CT molecular complexity index is 648. The Morgan fingerprint density at radius 3 is 3.05 bits per heavy atom. The van der Waals surface area contributed by atoms with Crippen LogP contribution in [0.15, 0.2) is 18.2 Å². The van der Waals surface area contributed by atoms with E-state index in [0.29, 0.717) is 6.54 Å². The predicted molar refractivity (Wildman–Crippen MR) is 78.3 cm³/mol. The molecule has 1 atom stereocenters. The molecule has 20 heavy (non-hydrogen) atoms. The first-order valence-corrected chi connectivity index (χ1v) is 6.93. The van der Waals surface area contributed by atoms with E-state index >= 15 is 0 Å². The fourth-order valence-electron chi connectivity index (χ4n) is 2.88. The van der Waals surface area contributed by atoms with Gasteiger partial charge in [0.15, 0.2) is 0 Å². The smallest absolute Gasteiger partial charge is 0.315 e. The maximum Gasteiger partial charge on any atom is 0.315 e. The third kappa shape index (κ3) is 2.19. The van der Waals surface area contributed by atoms with Gasteiger partial charge >= 0.3 is 6.03 Å². The number of fused-ring (bicyclic) bond motifs is 3. The van der Waals surface area contributed by atoms with Crippen LogP contribution in [-0.2, 0) is 12.8 Å². The van der Waals surface area contributed by atoms with Gasteiger partial charge in [-0.15, -0.1) is 0 Å². The second-order valence-electron chi connectivity index (χ2n) is 5.10. The number of amides is 2. The van der Waals surface area contributed by atoms with Crippen LogP contribution in [0.1, 0.15) is 18.2 Å². The molecule has 2 aromatic rings. The highest BCUT2D eigenvalue weighted by Crippen LogP contribution is 2.32. The SMILES string of the molecule is CCNC(=O)NC1Cc2[nH]c3ccc(OC)cc3c2C1. The minimum absolute atomic E-state index is 0.0930. The van der Waals surface area contributed by atoms with Crippen LogP contribution in [0.2, 0.25) is 0 Å². The van der Waals surface area contributed by atoms with Crippen molar-refractivity contribution >= 4 is 16.9 Å². The molecular weight excluding hydrogens is 254 g/mol. The fraction of sp³-hybridized carbons (Fsp3) is 0.400. The standard InChI is InChI=1S/C15H19N3O2/c1-3-16-15(19)17-9-6-11-12-8-10(20-2)4-5-13(12)18-14(11)7-9/h4-5,8-9,18H,3,6-7H2,1-2H3,(H2,16,17,19). The molecule has 2 amide bonds. The largest absolute Gasteiger partial charge is 0.497 e. The van der Waals surface area contributed by atoms with Gasteiger partial charge < -0.3 is 20.4 Å². The van der Waals surface area contributed by atoms with Crippen LogP contribution < -0.4 is 15.4 Å². The number of methoxy groups -OCH3 is 1. The van der Waals surface area contributed by atoms with Gasteiger partial charge in [-0.1, -0.05) is 0 Å². The molecule has 5 heteroatoms. The molecule has 5 nitrogen and oxygen atoms in total. The van der Waals surface area contributed by atoms with E-state index in [2.05, 4.69) is 21.7 Å². The third-order valence-corrected chi connectivity index (χ3v) is 3.78. The molecule has 0 fully saturated rings. The Morgan fingerprint density at radius 2 is 2.30 bits per heavy atom. The average molecular weight is 273 g/mol. The van der Waals surface area contributed by atoms with Crippen LogP contribution in [-0.4, -0.2) is 30.7 Å². The van der Waals surface area contributed by atoms with E-state index < -0.39 is 0 Å². The molecule has 1 heterocycles. The van der Waals surface area contributed by atoms with E-state index in [9.17, 15) is 4.79 Å². The van der Waals surface area contributed by atoms with E-state index in [1.807, 2.05) is 19.1 Å².